The molecule has 0 unspecified atom stereocenters. The first-order valence-electron chi connectivity index (χ1n) is 4.37. The van der Waals surface area contributed by atoms with Crippen LogP contribution in [-0.2, 0) is 6.61 Å². The van der Waals surface area contributed by atoms with Gasteiger partial charge in [0.25, 0.3) is 0 Å². The smallest absolute Gasteiger partial charge is 0.214 e. The van der Waals surface area contributed by atoms with E-state index in [4.69, 9.17) is 21.4 Å². The molecule has 0 aliphatic heterocycles. The Morgan fingerprint density at radius 3 is 2.57 bits per heavy atom. The van der Waals surface area contributed by atoms with Crippen LogP contribution >= 0.6 is 11.6 Å². The zero-order chi connectivity index (χ0) is 10.8. The first-order chi connectivity index (χ1) is 6.42. The molecule has 0 fully saturated rings. The lowest BCUT2D eigenvalue weighted by atomic mass is 10.2. The number of pyridine rings is 1. The summed E-state index contributed by atoms with van der Waals surface area (Å²) >= 11 is 5.79. The molecule has 1 rings (SSSR count). The van der Waals surface area contributed by atoms with Crippen LogP contribution in [0.1, 0.15) is 26.5 Å². The first-order valence-corrected chi connectivity index (χ1v) is 4.75. The summed E-state index contributed by atoms with van der Waals surface area (Å²) in [5.74, 6) is 0.478. The van der Waals surface area contributed by atoms with Gasteiger partial charge in [-0.15, -0.1) is 0 Å². The molecule has 1 N–H and O–H groups in total. The van der Waals surface area contributed by atoms with Gasteiger partial charge in [-0.3, -0.25) is 0 Å². The fourth-order valence-electron chi connectivity index (χ4n) is 0.946. The van der Waals surface area contributed by atoms with Crippen molar-refractivity contribution in [2.75, 3.05) is 0 Å². The van der Waals surface area contributed by atoms with Crippen LogP contribution in [0.4, 0.5) is 0 Å². The molecule has 1 aromatic rings. The van der Waals surface area contributed by atoms with Gasteiger partial charge in [-0.05, 0) is 26.8 Å². The summed E-state index contributed by atoms with van der Waals surface area (Å²) in [4.78, 5) is 4.07. The molecule has 0 spiro atoms. The maximum atomic E-state index is 8.94. The Morgan fingerprint density at radius 1 is 1.43 bits per heavy atom. The van der Waals surface area contributed by atoms with Gasteiger partial charge in [0.15, 0.2) is 0 Å². The molecule has 1 heterocycles. The summed E-state index contributed by atoms with van der Waals surface area (Å²) in [5.41, 5.74) is 0.140. The van der Waals surface area contributed by atoms with E-state index in [1.165, 1.54) is 0 Å². The average Bonchev–Trinajstić information content (AvgIpc) is 2.06. The Kier molecular flexibility index (Phi) is 3.34. The van der Waals surface area contributed by atoms with Crippen LogP contribution < -0.4 is 4.74 Å². The first kappa shape index (κ1) is 11.3. The van der Waals surface area contributed by atoms with E-state index in [1.54, 1.807) is 12.1 Å². The van der Waals surface area contributed by atoms with Crippen LogP contribution in [0.15, 0.2) is 12.1 Å². The van der Waals surface area contributed by atoms with Gasteiger partial charge in [0.2, 0.25) is 5.88 Å². The van der Waals surface area contributed by atoms with Crippen molar-refractivity contribution in [3.8, 4) is 5.88 Å². The number of aromatic nitrogens is 1. The number of ether oxygens (including phenoxy) is 1. The van der Waals surface area contributed by atoms with E-state index in [2.05, 4.69) is 4.98 Å². The molecule has 0 saturated carbocycles. The Labute approximate surface area is 88.7 Å². The van der Waals surface area contributed by atoms with Crippen LogP contribution in [0.3, 0.4) is 0 Å². The van der Waals surface area contributed by atoms with Crippen molar-refractivity contribution >= 4 is 11.6 Å². The predicted octanol–water partition coefficient (Wildman–Crippen LogP) is 2.40. The Balaban J connectivity index is 2.90. The van der Waals surface area contributed by atoms with E-state index < -0.39 is 0 Å². The molecule has 0 atom stereocenters. The van der Waals surface area contributed by atoms with E-state index in [9.17, 15) is 0 Å². The SMILES string of the molecule is CC(C)(C)Oc1ccc(Cl)c(CO)n1. The van der Waals surface area contributed by atoms with Gasteiger partial charge in [0.1, 0.15) is 5.60 Å². The molecule has 14 heavy (non-hydrogen) atoms. The lowest BCUT2D eigenvalue weighted by Crippen LogP contribution is -2.23. The number of hydrogen-bond donors (Lipinski definition) is 1. The van der Waals surface area contributed by atoms with E-state index in [0.717, 1.165) is 0 Å². The molecule has 0 aromatic carbocycles. The highest BCUT2D eigenvalue weighted by Gasteiger charge is 2.13. The highest BCUT2D eigenvalue weighted by molar-refractivity contribution is 6.31. The van der Waals surface area contributed by atoms with Gasteiger partial charge in [-0.1, -0.05) is 11.6 Å². The third-order valence-electron chi connectivity index (χ3n) is 1.45. The molecule has 0 aliphatic rings. The molecule has 78 valence electrons. The molecular formula is C10H14ClNO2. The van der Waals surface area contributed by atoms with Crippen molar-refractivity contribution < 1.29 is 9.84 Å². The maximum Gasteiger partial charge on any atom is 0.214 e. The standard InChI is InChI=1S/C10H14ClNO2/c1-10(2,3)14-9-5-4-7(11)8(6-13)12-9/h4-5,13H,6H2,1-3H3. The van der Waals surface area contributed by atoms with E-state index in [-0.39, 0.29) is 12.2 Å². The molecule has 0 aliphatic carbocycles. The van der Waals surface area contributed by atoms with Gasteiger partial charge >= 0.3 is 0 Å². The fraction of sp³-hybridized carbons (Fsp3) is 0.500. The van der Waals surface area contributed by atoms with Crippen molar-refractivity contribution in [1.82, 2.24) is 4.98 Å². The van der Waals surface area contributed by atoms with E-state index in [0.29, 0.717) is 16.6 Å². The highest BCUT2D eigenvalue weighted by Crippen LogP contribution is 2.20. The molecule has 0 bridgehead atoms. The number of aliphatic hydroxyl groups excluding tert-OH is 1. The molecule has 3 nitrogen and oxygen atoms in total. The van der Waals surface area contributed by atoms with Crippen LogP contribution in [0.25, 0.3) is 0 Å². The Morgan fingerprint density at radius 2 is 2.07 bits per heavy atom. The number of halogens is 1. The van der Waals surface area contributed by atoms with Crippen LogP contribution in [0.2, 0.25) is 5.02 Å². The van der Waals surface area contributed by atoms with E-state index in [1.807, 2.05) is 20.8 Å². The fourth-order valence-corrected chi connectivity index (χ4v) is 1.11. The van der Waals surface area contributed by atoms with Gasteiger partial charge in [-0.25, -0.2) is 4.98 Å². The molecule has 0 saturated heterocycles. The summed E-state index contributed by atoms with van der Waals surface area (Å²) in [6, 6.07) is 3.36. The minimum Gasteiger partial charge on any atom is -0.472 e. The summed E-state index contributed by atoms with van der Waals surface area (Å²) in [6.45, 7) is 5.62. The van der Waals surface area contributed by atoms with Crippen molar-refractivity contribution in [3.05, 3.63) is 22.8 Å². The van der Waals surface area contributed by atoms with Gasteiger partial charge in [0, 0.05) is 6.07 Å². The lowest BCUT2D eigenvalue weighted by molar-refractivity contribution is 0.123. The predicted molar refractivity (Wildman–Crippen MR) is 55.6 cm³/mol. The third kappa shape index (κ3) is 3.16. The molecular weight excluding hydrogens is 202 g/mol. The highest BCUT2D eigenvalue weighted by atomic mass is 35.5. The molecule has 4 heteroatoms. The monoisotopic (exact) mass is 215 g/mol. The Hall–Kier alpha value is -0.800. The molecule has 0 radical (unpaired) electrons. The zero-order valence-electron chi connectivity index (χ0n) is 8.54. The second-order valence-corrected chi connectivity index (χ2v) is 4.36. The number of nitrogens with zero attached hydrogens (tertiary/aromatic N) is 1. The normalized spacial score (nSPS) is 11.5. The van der Waals surface area contributed by atoms with Crippen molar-refractivity contribution in [3.63, 3.8) is 0 Å². The zero-order valence-corrected chi connectivity index (χ0v) is 9.30. The average molecular weight is 216 g/mol. The summed E-state index contributed by atoms with van der Waals surface area (Å²) in [6.07, 6.45) is 0. The second kappa shape index (κ2) is 4.15. The van der Waals surface area contributed by atoms with E-state index >= 15 is 0 Å². The van der Waals surface area contributed by atoms with Gasteiger partial charge in [-0.2, -0.15) is 0 Å². The topological polar surface area (TPSA) is 42.4 Å². The minimum atomic E-state index is -0.298. The number of rotatable bonds is 2. The summed E-state index contributed by atoms with van der Waals surface area (Å²) in [5, 5.41) is 9.39. The van der Waals surface area contributed by atoms with Crippen LogP contribution in [0.5, 0.6) is 5.88 Å². The molecule has 0 amide bonds. The quantitative estimate of drug-likeness (QED) is 0.824. The van der Waals surface area contributed by atoms with Crippen LogP contribution in [-0.4, -0.2) is 15.7 Å². The number of aliphatic hydroxyl groups is 1. The number of hydrogen-bond acceptors (Lipinski definition) is 3. The Bertz CT molecular complexity index is 320. The summed E-state index contributed by atoms with van der Waals surface area (Å²) < 4.78 is 5.52. The minimum absolute atomic E-state index is 0.180. The summed E-state index contributed by atoms with van der Waals surface area (Å²) in [7, 11) is 0. The van der Waals surface area contributed by atoms with Crippen molar-refractivity contribution in [1.29, 1.82) is 0 Å². The van der Waals surface area contributed by atoms with Crippen molar-refractivity contribution in [2.45, 2.75) is 33.0 Å². The molecule has 1 aromatic heterocycles. The van der Waals surface area contributed by atoms with Gasteiger partial charge in [0.05, 0.1) is 17.3 Å². The van der Waals surface area contributed by atoms with Gasteiger partial charge < -0.3 is 9.84 Å². The van der Waals surface area contributed by atoms with Crippen LogP contribution in [0, 0.1) is 0 Å². The largest absolute Gasteiger partial charge is 0.472 e. The maximum absolute atomic E-state index is 8.94. The second-order valence-electron chi connectivity index (χ2n) is 3.95. The van der Waals surface area contributed by atoms with Crippen molar-refractivity contribution in [2.24, 2.45) is 0 Å². The third-order valence-corrected chi connectivity index (χ3v) is 1.80. The lowest BCUT2D eigenvalue weighted by Gasteiger charge is -2.20.